The molecule has 0 amide bonds. The van der Waals surface area contributed by atoms with Crippen molar-refractivity contribution in [1.29, 1.82) is 0 Å². The SMILES string of the molecule is C[C@H](CC[C@@H](O[C@@H]1O[C@H](CO)[C@@H](O[C@H]2O[C@@H](CO)[C@H](O)[C@@H](O)[C@@H]2O)[C@H](O)[C@H]1O[C@H]1O[C@@H](CO)[C@H](O)[C@@H](O)[C@@H]1O)C(C)(C)O)C1CC[C@@]2(C)C3CC=C4C(CC[C@H](O)C4(C)C)[C@]3(C)[C@H](O)C[C@]12C. The first-order valence-corrected chi connectivity index (χ1v) is 24.5. The van der Waals surface area contributed by atoms with Gasteiger partial charge >= 0.3 is 0 Å². The average molecular weight is 963 g/mol. The topological polar surface area (TPSA) is 318 Å². The largest absolute Gasteiger partial charge is 0.394 e. The Labute approximate surface area is 393 Å². The van der Waals surface area contributed by atoms with Gasteiger partial charge in [-0.05, 0) is 99.7 Å². The first-order valence-electron chi connectivity index (χ1n) is 24.5. The van der Waals surface area contributed by atoms with Gasteiger partial charge in [-0.1, -0.05) is 53.2 Å². The van der Waals surface area contributed by atoms with Crippen molar-refractivity contribution in [2.45, 2.75) is 223 Å². The van der Waals surface area contributed by atoms with E-state index in [4.69, 9.17) is 28.4 Å². The number of fused-ring (bicyclic) bond motifs is 5. The van der Waals surface area contributed by atoms with E-state index in [-0.39, 0.29) is 51.8 Å². The third kappa shape index (κ3) is 9.13. The molecule has 67 heavy (non-hydrogen) atoms. The summed E-state index contributed by atoms with van der Waals surface area (Å²) in [4.78, 5) is 0. The van der Waals surface area contributed by atoms with E-state index in [0.717, 1.165) is 25.7 Å². The molecule has 13 N–H and O–H groups in total. The minimum Gasteiger partial charge on any atom is -0.394 e. The molecule has 3 aliphatic heterocycles. The zero-order valence-electron chi connectivity index (χ0n) is 40.3. The van der Waals surface area contributed by atoms with Gasteiger partial charge in [0, 0.05) is 10.8 Å². The van der Waals surface area contributed by atoms with Gasteiger partial charge in [0.25, 0.3) is 0 Å². The second kappa shape index (κ2) is 19.8. The molecule has 3 heterocycles. The lowest BCUT2D eigenvalue weighted by Gasteiger charge is -2.67. The van der Waals surface area contributed by atoms with Gasteiger partial charge in [0.2, 0.25) is 0 Å². The van der Waals surface area contributed by atoms with Crippen LogP contribution in [0.2, 0.25) is 0 Å². The quantitative estimate of drug-likeness (QED) is 0.0924. The molecule has 3 unspecified atom stereocenters. The highest BCUT2D eigenvalue weighted by Crippen LogP contribution is 2.75. The van der Waals surface area contributed by atoms with E-state index in [1.165, 1.54) is 5.57 Å². The number of aliphatic hydroxyl groups excluding tert-OH is 12. The summed E-state index contributed by atoms with van der Waals surface area (Å²) in [5.41, 5.74) is -1.32. The summed E-state index contributed by atoms with van der Waals surface area (Å²) in [6.07, 6.45) is -19.7. The van der Waals surface area contributed by atoms with Crippen LogP contribution in [0.1, 0.15) is 107 Å². The number of ether oxygens (including phenoxy) is 6. The molecule has 0 aromatic rings. The van der Waals surface area contributed by atoms with Crippen molar-refractivity contribution in [2.24, 2.45) is 45.3 Å². The normalized spacial score (nSPS) is 51.0. The van der Waals surface area contributed by atoms with Crippen molar-refractivity contribution in [3.05, 3.63) is 11.6 Å². The maximum absolute atomic E-state index is 12.4. The molecule has 19 nitrogen and oxygen atoms in total. The number of rotatable bonds is 14. The molecule has 3 saturated heterocycles. The van der Waals surface area contributed by atoms with Gasteiger partial charge in [-0.15, -0.1) is 0 Å². The van der Waals surface area contributed by atoms with Crippen molar-refractivity contribution in [3.8, 4) is 0 Å². The highest BCUT2D eigenvalue weighted by atomic mass is 16.8. The summed E-state index contributed by atoms with van der Waals surface area (Å²) in [6, 6.07) is 0. The predicted octanol–water partition coefficient (Wildman–Crippen LogP) is -1.06. The van der Waals surface area contributed by atoms with Gasteiger partial charge in [0.1, 0.15) is 73.2 Å². The third-order valence-corrected chi connectivity index (χ3v) is 18.7. The molecule has 25 atom stereocenters. The van der Waals surface area contributed by atoms with E-state index < -0.39 is 136 Å². The molecule has 0 aromatic carbocycles. The van der Waals surface area contributed by atoms with Crippen molar-refractivity contribution in [3.63, 3.8) is 0 Å². The fourth-order valence-corrected chi connectivity index (χ4v) is 14.2. The predicted molar refractivity (Wildman–Crippen MR) is 235 cm³/mol. The summed E-state index contributed by atoms with van der Waals surface area (Å²) < 4.78 is 35.9. The Morgan fingerprint density at radius 3 is 1.72 bits per heavy atom. The molecule has 19 heteroatoms. The number of hydrogen-bond donors (Lipinski definition) is 13. The Morgan fingerprint density at radius 2 is 1.18 bits per heavy atom. The van der Waals surface area contributed by atoms with Crippen LogP contribution in [-0.2, 0) is 28.4 Å². The Balaban J connectivity index is 1.12. The molecule has 0 spiro atoms. The van der Waals surface area contributed by atoms with Crippen LogP contribution in [-0.4, -0.2) is 202 Å². The maximum Gasteiger partial charge on any atom is 0.187 e. The molecule has 0 aromatic heterocycles. The van der Waals surface area contributed by atoms with Crippen LogP contribution in [0.4, 0.5) is 0 Å². The molecule has 7 rings (SSSR count). The molecule has 7 aliphatic rings. The third-order valence-electron chi connectivity index (χ3n) is 18.7. The highest BCUT2D eigenvalue weighted by Gasteiger charge is 2.70. The van der Waals surface area contributed by atoms with E-state index in [1.807, 2.05) is 0 Å². The van der Waals surface area contributed by atoms with Crippen LogP contribution in [0.5, 0.6) is 0 Å². The fraction of sp³-hybridized carbons (Fsp3) is 0.958. The van der Waals surface area contributed by atoms with Crippen LogP contribution in [0.3, 0.4) is 0 Å². The summed E-state index contributed by atoms with van der Waals surface area (Å²) in [6.45, 7) is 14.2. The first kappa shape index (κ1) is 53.8. The standard InChI is InChI=1S/C48H82O19/c1-21(22-15-16-46(6)28-12-10-23-24(11-13-29(52)44(23,2)3)48(28,8)30(53)17-47(22,46)7)9-14-31(45(4,5)61)65-43-40(67-42-37(59)35(57)33(55)26(19-50)63-42)38(60)39(27(20-51)64-43)66-41-36(58)34(56)32(54)25(18-49)62-41/h10,21-22,24-43,49-61H,9,11-20H2,1-8H3/t21-,22?,24?,25+,26+,27-,28?,29+,30-,31-,32+,33+,34-,35-,36+,37+,38+,39-,40-,41-,42-,43+,46+,47-,48+/m1/s1. The van der Waals surface area contributed by atoms with E-state index in [9.17, 15) is 66.4 Å². The van der Waals surface area contributed by atoms with Gasteiger partial charge in [0.15, 0.2) is 18.9 Å². The summed E-state index contributed by atoms with van der Waals surface area (Å²) in [5, 5.41) is 141. The van der Waals surface area contributed by atoms with Crippen LogP contribution in [0, 0.1) is 45.3 Å². The molecule has 6 fully saturated rings. The molecule has 0 radical (unpaired) electrons. The van der Waals surface area contributed by atoms with Gasteiger partial charge in [-0.25, -0.2) is 0 Å². The number of allylic oxidation sites excluding steroid dienone is 1. The summed E-state index contributed by atoms with van der Waals surface area (Å²) in [5.74, 6) is 0.678. The van der Waals surface area contributed by atoms with E-state index >= 15 is 0 Å². The average Bonchev–Trinajstić information content (AvgIpc) is 3.54. The number of aliphatic hydroxyl groups is 13. The Hall–Kier alpha value is -1.02. The Kier molecular flexibility index (Phi) is 15.9. The van der Waals surface area contributed by atoms with Crippen molar-refractivity contribution >= 4 is 0 Å². The highest BCUT2D eigenvalue weighted by molar-refractivity contribution is 5.31. The van der Waals surface area contributed by atoms with Gasteiger partial charge in [-0.2, -0.15) is 0 Å². The lowest BCUT2D eigenvalue weighted by atomic mass is 9.38. The monoisotopic (exact) mass is 963 g/mol. The van der Waals surface area contributed by atoms with Crippen molar-refractivity contribution < 1.29 is 94.8 Å². The maximum atomic E-state index is 12.4. The van der Waals surface area contributed by atoms with Crippen LogP contribution in [0.25, 0.3) is 0 Å². The Morgan fingerprint density at radius 1 is 0.642 bits per heavy atom. The van der Waals surface area contributed by atoms with Crippen LogP contribution >= 0.6 is 0 Å². The minimum absolute atomic E-state index is 0.0795. The van der Waals surface area contributed by atoms with Crippen LogP contribution < -0.4 is 0 Å². The molecule has 4 aliphatic carbocycles. The van der Waals surface area contributed by atoms with Crippen molar-refractivity contribution in [1.82, 2.24) is 0 Å². The second-order valence-corrected chi connectivity index (χ2v) is 23.0. The molecular weight excluding hydrogens is 881 g/mol. The summed E-state index contributed by atoms with van der Waals surface area (Å²) in [7, 11) is 0. The van der Waals surface area contributed by atoms with Crippen LogP contribution in [0.15, 0.2) is 11.6 Å². The first-order chi connectivity index (χ1) is 31.2. The van der Waals surface area contributed by atoms with Gasteiger partial charge in [-0.3, -0.25) is 0 Å². The van der Waals surface area contributed by atoms with E-state index in [2.05, 4.69) is 47.6 Å². The smallest absolute Gasteiger partial charge is 0.187 e. The molecule has 3 saturated carbocycles. The minimum atomic E-state index is -1.93. The number of hydrogen-bond acceptors (Lipinski definition) is 19. The lowest BCUT2D eigenvalue weighted by Crippen LogP contribution is -2.67. The lowest BCUT2D eigenvalue weighted by molar-refractivity contribution is -0.393. The Bertz CT molecular complexity index is 1710. The van der Waals surface area contributed by atoms with E-state index in [1.54, 1.807) is 13.8 Å². The second-order valence-electron chi connectivity index (χ2n) is 23.0. The zero-order chi connectivity index (χ0) is 49.5. The van der Waals surface area contributed by atoms with Gasteiger partial charge < -0.3 is 94.8 Å². The van der Waals surface area contributed by atoms with Gasteiger partial charge in [0.05, 0.1) is 43.7 Å². The fourth-order valence-electron chi connectivity index (χ4n) is 14.2. The van der Waals surface area contributed by atoms with E-state index in [0.29, 0.717) is 19.3 Å². The molecular formula is C48H82O19. The zero-order valence-corrected chi connectivity index (χ0v) is 40.3. The van der Waals surface area contributed by atoms with Crippen molar-refractivity contribution in [2.75, 3.05) is 19.8 Å². The molecule has 388 valence electrons. The summed E-state index contributed by atoms with van der Waals surface area (Å²) >= 11 is 0. The molecule has 0 bridgehead atoms.